The van der Waals surface area contributed by atoms with Gasteiger partial charge in [-0.2, -0.15) is 5.26 Å². The van der Waals surface area contributed by atoms with Crippen LogP contribution in [0, 0.1) is 23.1 Å². The number of benzene rings is 2. The minimum absolute atomic E-state index is 0.0662. The van der Waals surface area contributed by atoms with Crippen molar-refractivity contribution < 1.29 is 18.8 Å². The summed E-state index contributed by atoms with van der Waals surface area (Å²) in [5.74, 6) is -1.56. The van der Waals surface area contributed by atoms with E-state index in [-0.39, 0.29) is 34.6 Å². The number of nitrogens with one attached hydrogen (secondary N) is 1. The Labute approximate surface area is 214 Å². The van der Waals surface area contributed by atoms with Gasteiger partial charge in [0, 0.05) is 41.5 Å². The van der Waals surface area contributed by atoms with E-state index in [1.165, 1.54) is 35.3 Å². The van der Waals surface area contributed by atoms with Crippen LogP contribution in [0.25, 0.3) is 6.08 Å². The first kappa shape index (κ1) is 25.6. The summed E-state index contributed by atoms with van der Waals surface area (Å²) in [6.07, 6.45) is 5.33. The van der Waals surface area contributed by atoms with Crippen LogP contribution in [0.4, 0.5) is 4.39 Å². The van der Waals surface area contributed by atoms with Crippen LogP contribution >= 0.6 is 11.6 Å². The first-order chi connectivity index (χ1) is 17.4. The van der Waals surface area contributed by atoms with Crippen LogP contribution < -0.4 is 5.32 Å². The summed E-state index contributed by atoms with van der Waals surface area (Å²) in [4.78, 5) is 39.9. The molecule has 8 heteroatoms. The van der Waals surface area contributed by atoms with Crippen LogP contribution in [-0.4, -0.2) is 41.1 Å². The van der Waals surface area contributed by atoms with E-state index in [4.69, 9.17) is 11.6 Å². The summed E-state index contributed by atoms with van der Waals surface area (Å²) in [5.41, 5.74) is 1.21. The maximum absolute atomic E-state index is 14.2. The Hall–Kier alpha value is -3.50. The fourth-order valence-electron chi connectivity index (χ4n) is 5.02. The normalized spacial score (nSPS) is 22.5. The van der Waals surface area contributed by atoms with Gasteiger partial charge >= 0.3 is 0 Å². The molecule has 1 aliphatic heterocycles. The number of rotatable bonds is 7. The molecule has 36 heavy (non-hydrogen) atoms. The van der Waals surface area contributed by atoms with Gasteiger partial charge in [-0.1, -0.05) is 48.0 Å². The van der Waals surface area contributed by atoms with Gasteiger partial charge < -0.3 is 10.2 Å². The lowest BCUT2D eigenvalue weighted by Gasteiger charge is -2.24. The van der Waals surface area contributed by atoms with Gasteiger partial charge in [0.25, 0.3) is 0 Å². The zero-order chi connectivity index (χ0) is 25.7. The molecular formula is C28H27ClFN3O3. The minimum atomic E-state index is -0.809. The molecule has 2 amide bonds. The molecule has 0 radical (unpaired) electrons. The molecule has 2 aromatic rings. The Bertz CT molecular complexity index is 1210. The Kier molecular flexibility index (Phi) is 8.17. The second kappa shape index (κ2) is 11.5. The average Bonchev–Trinajstić information content (AvgIpc) is 3.50. The fraction of sp³-hybridized carbons (Fsp3) is 0.357. The number of amides is 2. The first-order valence-electron chi connectivity index (χ1n) is 12.1. The second-order valence-electron chi connectivity index (χ2n) is 9.33. The summed E-state index contributed by atoms with van der Waals surface area (Å²) in [7, 11) is 0. The van der Waals surface area contributed by atoms with Gasteiger partial charge in [-0.15, -0.1) is 0 Å². The van der Waals surface area contributed by atoms with Crippen molar-refractivity contribution in [3.8, 4) is 6.07 Å². The van der Waals surface area contributed by atoms with Crippen LogP contribution in [0.5, 0.6) is 0 Å². The number of halogens is 2. The van der Waals surface area contributed by atoms with Crippen molar-refractivity contribution in [2.75, 3.05) is 6.54 Å². The molecule has 1 heterocycles. The summed E-state index contributed by atoms with van der Waals surface area (Å²) >= 11 is 5.80. The number of Topliss-reactive ketones (excluding diaryl/α,β-unsaturated/α-hetero) is 1. The highest BCUT2D eigenvalue weighted by atomic mass is 35.5. The molecule has 0 bridgehead atoms. The SMILES string of the molecule is N#C[C@H](C[C@@H]1CCCC1=O)NC(=O)[C@@H]1C[C@@H](c2ccccc2)CN1C(=O)/C=C/c1ccc(Cl)cc1F. The predicted octanol–water partition coefficient (Wildman–Crippen LogP) is 4.64. The maximum atomic E-state index is 14.2. The lowest BCUT2D eigenvalue weighted by molar-refractivity contribution is -0.135. The molecule has 186 valence electrons. The number of nitrogens with zero attached hydrogens (tertiary/aromatic N) is 2. The van der Waals surface area contributed by atoms with Gasteiger partial charge in [-0.05, 0) is 49.5 Å². The molecule has 2 aromatic carbocycles. The standard InChI is InChI=1S/C28H27ClFN3O3/c29-22-11-9-19(24(30)15-22)10-12-27(35)33-17-21(18-5-2-1-3-6-18)14-25(33)28(36)32-23(16-31)13-20-7-4-8-26(20)34/h1-3,5-6,9-12,15,20-21,23,25H,4,7-8,13-14,17H2,(H,32,36)/b12-10+/t20-,21+,23-,25-/m0/s1. The third-order valence-corrected chi connectivity index (χ3v) is 7.18. The summed E-state index contributed by atoms with van der Waals surface area (Å²) in [6, 6.07) is 14.3. The van der Waals surface area contributed by atoms with Gasteiger partial charge in [0.05, 0.1) is 6.07 Å². The first-order valence-corrected chi connectivity index (χ1v) is 12.4. The number of nitriles is 1. The molecular weight excluding hydrogens is 481 g/mol. The highest BCUT2D eigenvalue weighted by Gasteiger charge is 2.40. The Balaban J connectivity index is 1.51. The zero-order valence-electron chi connectivity index (χ0n) is 19.7. The summed E-state index contributed by atoms with van der Waals surface area (Å²) < 4.78 is 14.2. The van der Waals surface area contributed by atoms with Gasteiger partial charge in [0.1, 0.15) is 23.7 Å². The van der Waals surface area contributed by atoms with Crippen LogP contribution in [0.1, 0.15) is 49.1 Å². The maximum Gasteiger partial charge on any atom is 0.247 e. The van der Waals surface area contributed by atoms with Crippen LogP contribution in [0.15, 0.2) is 54.6 Å². The topological polar surface area (TPSA) is 90.3 Å². The van der Waals surface area contributed by atoms with E-state index in [1.807, 2.05) is 30.3 Å². The number of ketones is 1. The van der Waals surface area contributed by atoms with Crippen molar-refractivity contribution in [1.29, 1.82) is 5.26 Å². The van der Waals surface area contributed by atoms with Crippen LogP contribution in [0.3, 0.4) is 0 Å². The predicted molar refractivity (Wildman–Crippen MR) is 134 cm³/mol. The monoisotopic (exact) mass is 507 g/mol. The molecule has 0 unspecified atom stereocenters. The average molecular weight is 508 g/mol. The van der Waals surface area contributed by atoms with Gasteiger partial charge in [0.2, 0.25) is 11.8 Å². The third-order valence-electron chi connectivity index (χ3n) is 6.95. The minimum Gasteiger partial charge on any atom is -0.339 e. The lowest BCUT2D eigenvalue weighted by atomic mass is 9.95. The highest BCUT2D eigenvalue weighted by molar-refractivity contribution is 6.30. The molecule has 2 aliphatic rings. The van der Waals surface area contributed by atoms with E-state index < -0.39 is 29.7 Å². The molecule has 6 nitrogen and oxygen atoms in total. The number of carbonyl (C=O) groups excluding carboxylic acids is 3. The molecule has 4 rings (SSSR count). The number of likely N-dealkylation sites (tertiary alicyclic amines) is 1. The van der Waals surface area contributed by atoms with Crippen molar-refractivity contribution in [3.63, 3.8) is 0 Å². The van der Waals surface area contributed by atoms with Crippen LogP contribution in [-0.2, 0) is 14.4 Å². The quantitative estimate of drug-likeness (QED) is 0.552. The highest BCUT2D eigenvalue weighted by Crippen LogP contribution is 2.33. The Morgan fingerprint density at radius 3 is 2.69 bits per heavy atom. The fourth-order valence-corrected chi connectivity index (χ4v) is 5.18. The second-order valence-corrected chi connectivity index (χ2v) is 9.77. The summed E-state index contributed by atoms with van der Waals surface area (Å²) in [5, 5.41) is 12.6. The molecule has 4 atom stereocenters. The summed E-state index contributed by atoms with van der Waals surface area (Å²) in [6.45, 7) is 0.312. The van der Waals surface area contributed by atoms with Crippen molar-refractivity contribution in [3.05, 3.63) is 76.6 Å². The molecule has 1 saturated heterocycles. The molecule has 2 fully saturated rings. The Morgan fingerprint density at radius 1 is 1.25 bits per heavy atom. The van der Waals surface area contributed by atoms with E-state index in [2.05, 4.69) is 11.4 Å². The van der Waals surface area contributed by atoms with E-state index in [0.717, 1.165) is 18.4 Å². The van der Waals surface area contributed by atoms with Crippen molar-refractivity contribution >= 4 is 35.3 Å². The number of hydrogen-bond donors (Lipinski definition) is 1. The zero-order valence-corrected chi connectivity index (χ0v) is 20.5. The largest absolute Gasteiger partial charge is 0.339 e. The van der Waals surface area contributed by atoms with Crippen molar-refractivity contribution in [1.82, 2.24) is 10.2 Å². The van der Waals surface area contributed by atoms with E-state index in [0.29, 0.717) is 19.4 Å². The lowest BCUT2D eigenvalue weighted by Crippen LogP contribution is -2.48. The number of carbonyl (C=O) groups is 3. The third kappa shape index (κ3) is 6.00. The Morgan fingerprint density at radius 2 is 2.03 bits per heavy atom. The van der Waals surface area contributed by atoms with Crippen molar-refractivity contribution in [2.24, 2.45) is 5.92 Å². The van der Waals surface area contributed by atoms with Crippen LogP contribution in [0.2, 0.25) is 5.02 Å². The molecule has 1 saturated carbocycles. The molecule has 0 aromatic heterocycles. The van der Waals surface area contributed by atoms with Gasteiger partial charge in [0.15, 0.2) is 0 Å². The number of hydrogen-bond acceptors (Lipinski definition) is 4. The van der Waals surface area contributed by atoms with Gasteiger partial charge in [-0.25, -0.2) is 4.39 Å². The van der Waals surface area contributed by atoms with E-state index in [9.17, 15) is 24.0 Å². The molecule has 1 aliphatic carbocycles. The molecule has 0 spiro atoms. The van der Waals surface area contributed by atoms with Crippen molar-refractivity contribution in [2.45, 2.75) is 50.1 Å². The van der Waals surface area contributed by atoms with E-state index >= 15 is 0 Å². The van der Waals surface area contributed by atoms with Gasteiger partial charge in [-0.3, -0.25) is 14.4 Å². The smallest absolute Gasteiger partial charge is 0.247 e. The molecule has 1 N–H and O–H groups in total. The van der Waals surface area contributed by atoms with E-state index in [1.54, 1.807) is 0 Å².